The summed E-state index contributed by atoms with van der Waals surface area (Å²) >= 11 is 0. The van der Waals surface area contributed by atoms with Gasteiger partial charge in [-0.1, -0.05) is 23.9 Å². The fraction of sp³-hybridized carbons (Fsp3) is 0.167. The summed E-state index contributed by atoms with van der Waals surface area (Å²) in [5.74, 6) is -0.299. The summed E-state index contributed by atoms with van der Waals surface area (Å²) in [6.45, 7) is 0. The number of ether oxygens (including phenoxy) is 1. The van der Waals surface area contributed by atoms with Gasteiger partial charge in [0.05, 0.1) is 13.3 Å². The minimum Gasteiger partial charge on any atom is -2.00 e. The second kappa shape index (κ2) is 18.1. The van der Waals surface area contributed by atoms with Gasteiger partial charge < -0.3 is 42.0 Å². The Labute approximate surface area is 188 Å². The Hall–Kier alpha value is -2.98. The first-order valence-electron chi connectivity index (χ1n) is 7.48. The van der Waals surface area contributed by atoms with Gasteiger partial charge in [0.1, 0.15) is 5.75 Å². The SMILES string of the molecule is CN(C)C=O.COc1ccc(/C=N/N=C(\[O-])c2ccc(N)cc2)c([O-])c1.[Mo].[O-2].[O-2].[OH3+]. The first-order chi connectivity index (χ1) is 12.4. The number of amides is 1. The molecule has 0 atom stereocenters. The molecule has 1 amide bonds. The van der Waals surface area contributed by atoms with Gasteiger partial charge in [0, 0.05) is 46.7 Å². The number of nitrogen functional groups attached to an aromatic ring is 1. The number of hydrogen-bond donors (Lipinski definition) is 1. The third-order valence-electron chi connectivity index (χ3n) is 2.93. The molecule has 2 aromatic rings. The number of rotatable bonds is 5. The van der Waals surface area contributed by atoms with Crippen molar-refractivity contribution >= 4 is 24.2 Å². The van der Waals surface area contributed by atoms with Crippen LogP contribution in [-0.2, 0) is 42.3 Å². The zero-order chi connectivity index (χ0) is 19.5. The first kappa shape index (κ1) is 34.5. The van der Waals surface area contributed by atoms with E-state index >= 15 is 0 Å². The zero-order valence-electron chi connectivity index (χ0n) is 16.6. The Balaban J connectivity index is -0.000000339. The minimum atomic E-state index is -0.507. The maximum atomic E-state index is 11.7. The molecule has 0 aliphatic rings. The van der Waals surface area contributed by atoms with Crippen LogP contribution in [0.3, 0.4) is 0 Å². The van der Waals surface area contributed by atoms with Crippen LogP contribution in [0.2, 0.25) is 0 Å². The van der Waals surface area contributed by atoms with Crippen LogP contribution >= 0.6 is 0 Å². The molecular formula is C18H23MoN4O7-5. The molecule has 0 radical (unpaired) electrons. The van der Waals surface area contributed by atoms with Gasteiger partial charge in [-0.15, -0.1) is 0 Å². The van der Waals surface area contributed by atoms with E-state index < -0.39 is 5.90 Å². The molecule has 0 unspecified atom stereocenters. The number of hydrogen-bond acceptors (Lipinski definition) is 7. The quantitative estimate of drug-likeness (QED) is 0.103. The Morgan fingerprint density at radius 2 is 1.67 bits per heavy atom. The van der Waals surface area contributed by atoms with Crippen LogP contribution in [0.4, 0.5) is 5.69 Å². The second-order valence-corrected chi connectivity index (χ2v) is 5.24. The van der Waals surface area contributed by atoms with Crippen molar-refractivity contribution in [3.8, 4) is 11.5 Å². The minimum absolute atomic E-state index is 0. The largest absolute Gasteiger partial charge is 2.00 e. The molecule has 0 fully saturated rings. The number of nitrogens with two attached hydrogens (primary N) is 1. The summed E-state index contributed by atoms with van der Waals surface area (Å²) in [6.07, 6.45) is 1.98. The number of carbonyl (C=O) groups is 1. The van der Waals surface area contributed by atoms with Crippen molar-refractivity contribution in [3.05, 3.63) is 53.6 Å². The van der Waals surface area contributed by atoms with Crippen LogP contribution in [0.25, 0.3) is 0 Å². The Bertz CT molecular complexity index is 785. The molecule has 0 bridgehead atoms. The smallest absolute Gasteiger partial charge is 0.209 e. The summed E-state index contributed by atoms with van der Waals surface area (Å²) in [5.41, 5.74) is 6.78. The normalized spacial score (nSPS) is 9.37. The van der Waals surface area contributed by atoms with Crippen molar-refractivity contribution in [2.45, 2.75) is 0 Å². The van der Waals surface area contributed by atoms with Gasteiger partial charge in [-0.05, 0) is 35.4 Å². The van der Waals surface area contributed by atoms with Gasteiger partial charge in [0.2, 0.25) is 6.41 Å². The molecule has 0 spiro atoms. The van der Waals surface area contributed by atoms with E-state index in [0.717, 1.165) is 6.41 Å². The van der Waals surface area contributed by atoms with Crippen LogP contribution in [0.5, 0.6) is 11.5 Å². The maximum absolute atomic E-state index is 11.7. The molecule has 0 aliphatic carbocycles. The van der Waals surface area contributed by atoms with Crippen LogP contribution < -0.4 is 20.7 Å². The van der Waals surface area contributed by atoms with Gasteiger partial charge in [0.15, 0.2) is 0 Å². The van der Waals surface area contributed by atoms with Crippen molar-refractivity contribution in [2.75, 3.05) is 26.9 Å². The Morgan fingerprint density at radius 3 is 2.10 bits per heavy atom. The van der Waals surface area contributed by atoms with Crippen molar-refractivity contribution < 1.29 is 57.2 Å². The van der Waals surface area contributed by atoms with E-state index in [1.54, 1.807) is 50.5 Å². The van der Waals surface area contributed by atoms with Crippen molar-refractivity contribution in [1.82, 2.24) is 4.90 Å². The van der Waals surface area contributed by atoms with Crippen LogP contribution in [0.15, 0.2) is 52.7 Å². The average Bonchev–Trinajstić information content (AvgIpc) is 2.63. The van der Waals surface area contributed by atoms with Crippen molar-refractivity contribution in [1.29, 1.82) is 0 Å². The molecule has 0 heterocycles. The average molecular weight is 503 g/mol. The molecule has 12 heteroatoms. The maximum Gasteiger partial charge on any atom is 0.209 e. The van der Waals surface area contributed by atoms with E-state index in [1.807, 2.05) is 0 Å². The molecule has 0 saturated heterocycles. The summed E-state index contributed by atoms with van der Waals surface area (Å²) < 4.78 is 4.93. The summed E-state index contributed by atoms with van der Waals surface area (Å²) in [4.78, 5) is 10.9. The molecular weight excluding hydrogens is 480 g/mol. The van der Waals surface area contributed by atoms with Gasteiger partial charge >= 0.3 is 0 Å². The molecule has 0 aliphatic heterocycles. The van der Waals surface area contributed by atoms with E-state index in [2.05, 4.69) is 10.2 Å². The monoisotopic (exact) mass is 505 g/mol. The molecule has 30 heavy (non-hydrogen) atoms. The van der Waals surface area contributed by atoms with E-state index in [9.17, 15) is 15.0 Å². The van der Waals surface area contributed by atoms with E-state index in [1.165, 1.54) is 24.3 Å². The molecule has 5 N–H and O–H groups in total. The predicted octanol–water partition coefficient (Wildman–Crippen LogP) is -0.966. The topological polar surface area (TPSA) is 216 Å². The van der Waals surface area contributed by atoms with E-state index in [0.29, 0.717) is 22.6 Å². The van der Waals surface area contributed by atoms with Gasteiger partial charge in [-0.3, -0.25) is 4.79 Å². The van der Waals surface area contributed by atoms with Crippen LogP contribution in [0, 0.1) is 0 Å². The standard InChI is InChI=1S/C15H15N3O3.C3H7NO.Mo.H2O.2O/c1-21-13-7-4-11(14(19)8-13)9-17-18-15(20)10-2-5-12(16)6-3-10;1-4(2)3-5;;;;/h2-9,19H,16H2,1H3,(H,18,20);3H,1-2H3;;1H2;;/q;;;;2*-2/p-1/b17-9+;;;;;. The van der Waals surface area contributed by atoms with Crippen molar-refractivity contribution in [3.63, 3.8) is 0 Å². The summed E-state index contributed by atoms with van der Waals surface area (Å²) in [5, 5.41) is 30.5. The van der Waals surface area contributed by atoms with Crippen LogP contribution in [0.1, 0.15) is 11.1 Å². The number of benzene rings is 2. The van der Waals surface area contributed by atoms with E-state index in [-0.39, 0.29) is 43.2 Å². The number of carbonyl (C=O) groups excluding carboxylic acids is 1. The molecule has 2 aromatic carbocycles. The fourth-order valence-corrected chi connectivity index (χ4v) is 1.58. The summed E-state index contributed by atoms with van der Waals surface area (Å²) in [6, 6.07) is 10.8. The molecule has 0 aromatic heterocycles. The summed E-state index contributed by atoms with van der Waals surface area (Å²) in [7, 11) is 4.85. The fourth-order valence-electron chi connectivity index (χ4n) is 1.58. The van der Waals surface area contributed by atoms with Crippen LogP contribution in [-0.4, -0.2) is 44.6 Å². The molecule has 2 rings (SSSR count). The van der Waals surface area contributed by atoms with Gasteiger partial charge in [-0.2, -0.15) is 10.2 Å². The van der Waals surface area contributed by atoms with Crippen molar-refractivity contribution in [2.24, 2.45) is 10.2 Å². The third-order valence-corrected chi connectivity index (χ3v) is 2.93. The Kier molecular flexibility index (Phi) is 20.8. The number of nitrogens with zero attached hydrogens (tertiary/aromatic N) is 3. The van der Waals surface area contributed by atoms with E-state index in [4.69, 9.17) is 10.5 Å². The predicted molar refractivity (Wildman–Crippen MR) is 103 cm³/mol. The zero-order valence-corrected chi connectivity index (χ0v) is 18.6. The van der Waals surface area contributed by atoms with Gasteiger partial charge in [0.25, 0.3) is 0 Å². The molecule has 168 valence electrons. The first-order valence-corrected chi connectivity index (χ1v) is 7.48. The molecule has 0 saturated carbocycles. The van der Waals surface area contributed by atoms with Gasteiger partial charge in [-0.25, -0.2) is 0 Å². The number of methoxy groups -OCH3 is 1. The third kappa shape index (κ3) is 12.5. The molecule has 11 nitrogen and oxygen atoms in total. The Morgan fingerprint density at radius 1 is 1.13 bits per heavy atom. The number of anilines is 1. The second-order valence-electron chi connectivity index (χ2n) is 5.24.